The van der Waals surface area contributed by atoms with Crippen LogP contribution in [-0.4, -0.2) is 4.98 Å². The van der Waals surface area contributed by atoms with Gasteiger partial charge in [-0.15, -0.1) is 11.3 Å². The van der Waals surface area contributed by atoms with Gasteiger partial charge >= 0.3 is 0 Å². The van der Waals surface area contributed by atoms with Gasteiger partial charge in [-0.05, 0) is 19.4 Å². The van der Waals surface area contributed by atoms with E-state index in [1.54, 1.807) is 11.3 Å². The molecule has 19 heavy (non-hydrogen) atoms. The quantitative estimate of drug-likeness (QED) is 0.628. The molecule has 0 saturated carbocycles. The van der Waals surface area contributed by atoms with Gasteiger partial charge in [0, 0.05) is 16.5 Å². The summed E-state index contributed by atoms with van der Waals surface area (Å²) in [5.74, 6) is 0. The van der Waals surface area contributed by atoms with Crippen LogP contribution in [0.1, 0.15) is 11.1 Å². The van der Waals surface area contributed by atoms with Gasteiger partial charge in [-0.25, -0.2) is 4.98 Å². The fraction of sp³-hybridized carbons (Fsp3) is 0.118. The Hall–Kier alpha value is -1.93. The number of rotatable bonds is 2. The first-order valence-electron chi connectivity index (χ1n) is 6.32. The molecule has 0 amide bonds. The average molecular weight is 265 g/mol. The molecule has 0 aliphatic carbocycles. The third kappa shape index (κ3) is 2.45. The van der Waals surface area contributed by atoms with Crippen LogP contribution in [-0.2, 0) is 0 Å². The fourth-order valence-electron chi connectivity index (χ4n) is 2.21. The van der Waals surface area contributed by atoms with Crippen molar-refractivity contribution < 1.29 is 0 Å². The highest BCUT2D eigenvalue weighted by atomic mass is 32.1. The Morgan fingerprint density at radius 1 is 0.947 bits per heavy atom. The molecule has 0 N–H and O–H groups in total. The molecule has 0 saturated heterocycles. The molecule has 2 aromatic carbocycles. The van der Waals surface area contributed by atoms with Gasteiger partial charge in [-0.2, -0.15) is 0 Å². The van der Waals surface area contributed by atoms with Gasteiger partial charge in [0.05, 0.1) is 5.69 Å². The number of aromatic nitrogens is 1. The topological polar surface area (TPSA) is 12.9 Å². The molecule has 0 fully saturated rings. The summed E-state index contributed by atoms with van der Waals surface area (Å²) in [6, 6.07) is 16.8. The zero-order chi connectivity index (χ0) is 13.2. The molecule has 3 aromatic rings. The second kappa shape index (κ2) is 4.98. The molecule has 0 atom stereocenters. The van der Waals surface area contributed by atoms with Crippen molar-refractivity contribution in [3.05, 3.63) is 65.0 Å². The summed E-state index contributed by atoms with van der Waals surface area (Å²) in [6.45, 7) is 4.26. The summed E-state index contributed by atoms with van der Waals surface area (Å²) < 4.78 is 0. The van der Waals surface area contributed by atoms with Crippen molar-refractivity contribution in [2.45, 2.75) is 13.8 Å². The van der Waals surface area contributed by atoms with Crippen LogP contribution < -0.4 is 0 Å². The monoisotopic (exact) mass is 265 g/mol. The highest BCUT2D eigenvalue weighted by molar-refractivity contribution is 7.13. The van der Waals surface area contributed by atoms with Crippen molar-refractivity contribution in [1.29, 1.82) is 0 Å². The molecule has 2 heteroatoms. The van der Waals surface area contributed by atoms with Crippen molar-refractivity contribution in [2.24, 2.45) is 0 Å². The molecule has 0 spiro atoms. The van der Waals surface area contributed by atoms with E-state index < -0.39 is 0 Å². The minimum Gasteiger partial charge on any atom is -0.236 e. The first-order valence-corrected chi connectivity index (χ1v) is 7.20. The van der Waals surface area contributed by atoms with E-state index in [2.05, 4.69) is 49.6 Å². The number of hydrogen-bond donors (Lipinski definition) is 0. The summed E-state index contributed by atoms with van der Waals surface area (Å²) in [5, 5.41) is 3.22. The van der Waals surface area contributed by atoms with Crippen molar-refractivity contribution >= 4 is 11.3 Å². The standard InChI is InChI=1S/C17H15NS/c1-12-8-9-15(13(2)10-12)16-11-19-17(18-16)14-6-4-3-5-7-14/h3-11H,1-2H3. The Kier molecular flexibility index (Phi) is 3.18. The molecule has 1 nitrogen and oxygen atoms in total. The lowest BCUT2D eigenvalue weighted by Gasteiger charge is -2.03. The third-order valence-corrected chi connectivity index (χ3v) is 4.07. The average Bonchev–Trinajstić information content (AvgIpc) is 2.89. The summed E-state index contributed by atoms with van der Waals surface area (Å²) in [4.78, 5) is 4.76. The maximum Gasteiger partial charge on any atom is 0.124 e. The Morgan fingerprint density at radius 3 is 2.47 bits per heavy atom. The van der Waals surface area contributed by atoms with Crippen molar-refractivity contribution in [3.63, 3.8) is 0 Å². The molecule has 1 aromatic heterocycles. The summed E-state index contributed by atoms with van der Waals surface area (Å²) >= 11 is 1.70. The number of nitrogens with zero attached hydrogens (tertiary/aromatic N) is 1. The summed E-state index contributed by atoms with van der Waals surface area (Å²) in [6.07, 6.45) is 0. The van der Waals surface area contributed by atoms with Crippen LogP contribution in [0.25, 0.3) is 21.8 Å². The predicted molar refractivity (Wildman–Crippen MR) is 82.5 cm³/mol. The lowest BCUT2D eigenvalue weighted by Crippen LogP contribution is -1.85. The zero-order valence-corrected chi connectivity index (χ0v) is 11.9. The van der Waals surface area contributed by atoms with Crippen LogP contribution in [0.3, 0.4) is 0 Å². The van der Waals surface area contributed by atoms with Crippen LogP contribution in [0.4, 0.5) is 0 Å². The van der Waals surface area contributed by atoms with Gasteiger partial charge in [0.1, 0.15) is 5.01 Å². The van der Waals surface area contributed by atoms with Crippen LogP contribution >= 0.6 is 11.3 Å². The highest BCUT2D eigenvalue weighted by Crippen LogP contribution is 2.30. The van der Waals surface area contributed by atoms with E-state index in [0.717, 1.165) is 10.7 Å². The molecular formula is C17H15NS. The molecule has 3 rings (SSSR count). The molecule has 0 radical (unpaired) electrons. The van der Waals surface area contributed by atoms with E-state index in [1.807, 2.05) is 18.2 Å². The Morgan fingerprint density at radius 2 is 1.74 bits per heavy atom. The predicted octanol–water partition coefficient (Wildman–Crippen LogP) is 5.09. The van der Waals surface area contributed by atoms with Crippen LogP contribution in [0.2, 0.25) is 0 Å². The second-order valence-electron chi connectivity index (χ2n) is 4.72. The van der Waals surface area contributed by atoms with Gasteiger partial charge in [0.25, 0.3) is 0 Å². The number of hydrogen-bond acceptors (Lipinski definition) is 2. The molecule has 0 unspecified atom stereocenters. The molecule has 0 aliphatic heterocycles. The smallest absolute Gasteiger partial charge is 0.124 e. The van der Waals surface area contributed by atoms with Crippen molar-refractivity contribution in [1.82, 2.24) is 4.98 Å². The maximum absolute atomic E-state index is 4.76. The first-order chi connectivity index (χ1) is 9.24. The molecule has 1 heterocycles. The van der Waals surface area contributed by atoms with Crippen LogP contribution in [0, 0.1) is 13.8 Å². The minimum atomic E-state index is 1.07. The largest absolute Gasteiger partial charge is 0.236 e. The van der Waals surface area contributed by atoms with Crippen molar-refractivity contribution in [2.75, 3.05) is 0 Å². The van der Waals surface area contributed by atoms with Gasteiger partial charge in [-0.3, -0.25) is 0 Å². The summed E-state index contributed by atoms with van der Waals surface area (Å²) in [5.41, 5.74) is 6.05. The first kappa shape index (κ1) is 12.1. The molecule has 0 bridgehead atoms. The normalized spacial score (nSPS) is 10.6. The van der Waals surface area contributed by atoms with Crippen LogP contribution in [0.5, 0.6) is 0 Å². The number of aryl methyl sites for hydroxylation is 2. The highest BCUT2D eigenvalue weighted by Gasteiger charge is 2.08. The van der Waals surface area contributed by atoms with Gasteiger partial charge in [0.15, 0.2) is 0 Å². The SMILES string of the molecule is Cc1ccc(-c2csc(-c3ccccc3)n2)c(C)c1. The van der Waals surface area contributed by atoms with E-state index in [0.29, 0.717) is 0 Å². The lowest BCUT2D eigenvalue weighted by atomic mass is 10.0. The fourth-order valence-corrected chi connectivity index (χ4v) is 3.04. The Balaban J connectivity index is 2.02. The van der Waals surface area contributed by atoms with E-state index >= 15 is 0 Å². The van der Waals surface area contributed by atoms with E-state index in [1.165, 1.54) is 22.3 Å². The summed E-state index contributed by atoms with van der Waals surface area (Å²) in [7, 11) is 0. The van der Waals surface area contributed by atoms with E-state index in [-0.39, 0.29) is 0 Å². The Labute approximate surface area is 117 Å². The molecule has 0 aliphatic rings. The number of thiazole rings is 1. The van der Waals surface area contributed by atoms with Gasteiger partial charge < -0.3 is 0 Å². The van der Waals surface area contributed by atoms with Crippen LogP contribution in [0.15, 0.2) is 53.9 Å². The van der Waals surface area contributed by atoms with E-state index in [4.69, 9.17) is 4.98 Å². The minimum absolute atomic E-state index is 1.07. The lowest BCUT2D eigenvalue weighted by molar-refractivity contribution is 1.34. The molecular weight excluding hydrogens is 250 g/mol. The van der Waals surface area contributed by atoms with Gasteiger partial charge in [-0.1, -0.05) is 54.1 Å². The van der Waals surface area contributed by atoms with E-state index in [9.17, 15) is 0 Å². The zero-order valence-electron chi connectivity index (χ0n) is 11.1. The number of benzene rings is 2. The molecule has 94 valence electrons. The second-order valence-corrected chi connectivity index (χ2v) is 5.58. The maximum atomic E-state index is 4.76. The van der Waals surface area contributed by atoms with Crippen molar-refractivity contribution in [3.8, 4) is 21.8 Å². The Bertz CT molecular complexity index is 698. The van der Waals surface area contributed by atoms with Gasteiger partial charge in [0.2, 0.25) is 0 Å². The third-order valence-electron chi connectivity index (χ3n) is 3.18.